The van der Waals surface area contributed by atoms with E-state index in [1.165, 1.54) is 73.7 Å². The number of Topliss-reactive ketones (excluding diaryl/α,β-unsaturated/α-hetero) is 1. The molecular formula is C29H29ClN2O7. The smallest absolute Gasteiger partial charge is 0.338 e. The molecule has 10 heteroatoms. The number of aromatic hydroxyl groups is 2. The maximum absolute atomic E-state index is 12.9. The highest BCUT2D eigenvalue weighted by Gasteiger charge is 2.29. The van der Waals surface area contributed by atoms with E-state index in [1.54, 1.807) is 0 Å². The number of nitrogens with one attached hydrogen (secondary N) is 2. The first-order valence-electron chi connectivity index (χ1n) is 12.2. The second kappa shape index (κ2) is 13.0. The van der Waals surface area contributed by atoms with Gasteiger partial charge in [0, 0.05) is 23.2 Å². The number of hydrogen-bond donors (Lipinski definition) is 4. The number of carbonyl (C=O) groups excluding carboxylic acids is 4. The molecule has 39 heavy (non-hydrogen) atoms. The number of carbonyl (C=O) groups is 4. The number of esters is 1. The zero-order valence-electron chi connectivity index (χ0n) is 21.2. The molecule has 1 saturated heterocycles. The predicted molar refractivity (Wildman–Crippen MR) is 146 cm³/mol. The molecule has 4 N–H and O–H groups in total. The van der Waals surface area contributed by atoms with Crippen LogP contribution in [0, 0.1) is 0 Å². The Labute approximate surface area is 231 Å². The molecule has 2 atom stereocenters. The van der Waals surface area contributed by atoms with Crippen molar-refractivity contribution in [2.45, 2.75) is 31.9 Å². The molecule has 3 aromatic rings. The summed E-state index contributed by atoms with van der Waals surface area (Å²) >= 11 is 0. The van der Waals surface area contributed by atoms with Crippen molar-refractivity contribution in [3.63, 3.8) is 0 Å². The summed E-state index contributed by atoms with van der Waals surface area (Å²) in [6.45, 7) is 2.50. The Morgan fingerprint density at radius 3 is 2.15 bits per heavy atom. The summed E-state index contributed by atoms with van der Waals surface area (Å²) in [6.07, 6.45) is 0.715. The average molecular weight is 553 g/mol. The predicted octanol–water partition coefficient (Wildman–Crippen LogP) is 3.66. The fraction of sp³-hybridized carbons (Fsp3) is 0.241. The third-order valence-electron chi connectivity index (χ3n) is 6.39. The van der Waals surface area contributed by atoms with Crippen LogP contribution in [-0.4, -0.2) is 58.9 Å². The molecule has 1 aliphatic rings. The molecule has 204 valence electrons. The van der Waals surface area contributed by atoms with Gasteiger partial charge in [0.1, 0.15) is 17.6 Å². The van der Waals surface area contributed by atoms with Crippen molar-refractivity contribution in [3.05, 3.63) is 94.5 Å². The monoisotopic (exact) mass is 552 g/mol. The maximum atomic E-state index is 12.9. The first-order chi connectivity index (χ1) is 18.2. The van der Waals surface area contributed by atoms with E-state index >= 15 is 0 Å². The number of amides is 1. The summed E-state index contributed by atoms with van der Waals surface area (Å²) in [5, 5.41) is 25.7. The lowest BCUT2D eigenvalue weighted by Gasteiger charge is -2.26. The minimum absolute atomic E-state index is 0. The van der Waals surface area contributed by atoms with Crippen LogP contribution < -0.4 is 10.6 Å². The third kappa shape index (κ3) is 7.22. The number of phenolic OH excluding ortho intramolecular Hbond substituents is 2. The summed E-state index contributed by atoms with van der Waals surface area (Å²) in [5.41, 5.74) is 1.12. The van der Waals surface area contributed by atoms with E-state index in [4.69, 9.17) is 4.74 Å². The highest BCUT2D eigenvalue weighted by molar-refractivity contribution is 6.12. The Bertz CT molecular complexity index is 1360. The van der Waals surface area contributed by atoms with Gasteiger partial charge in [-0.15, -0.1) is 12.4 Å². The fourth-order valence-electron chi connectivity index (χ4n) is 4.22. The van der Waals surface area contributed by atoms with Crippen LogP contribution in [0.2, 0.25) is 0 Å². The zero-order chi connectivity index (χ0) is 27.2. The van der Waals surface area contributed by atoms with Crippen LogP contribution >= 0.6 is 12.4 Å². The minimum Gasteiger partial charge on any atom is -0.508 e. The number of ether oxygens (including phenoxy) is 1. The van der Waals surface area contributed by atoms with E-state index < -0.39 is 23.9 Å². The summed E-state index contributed by atoms with van der Waals surface area (Å²) in [6, 6.07) is 15.3. The molecule has 9 nitrogen and oxygen atoms in total. The lowest BCUT2D eigenvalue weighted by Crippen LogP contribution is -2.49. The Hall–Kier alpha value is -4.21. The Balaban J connectivity index is 0.00000420. The van der Waals surface area contributed by atoms with Gasteiger partial charge in [-0.05, 0) is 80.9 Å². The molecule has 4 rings (SSSR count). The summed E-state index contributed by atoms with van der Waals surface area (Å²) < 4.78 is 5.78. The molecule has 1 heterocycles. The lowest BCUT2D eigenvalue weighted by atomic mass is 9.98. The molecule has 0 radical (unpaired) electrons. The van der Waals surface area contributed by atoms with Crippen molar-refractivity contribution >= 4 is 35.9 Å². The molecule has 1 amide bonds. The Kier molecular flexibility index (Phi) is 9.81. The van der Waals surface area contributed by atoms with E-state index in [9.17, 15) is 29.4 Å². The SMILES string of the molecule is CC(=O)c1ccc(O)c(C(=O)c2ccc(C(=O)O[C@@H]3CCCNC[C@H]3NC(=O)c3ccc(O)cc3)cc2)c1.Cl. The van der Waals surface area contributed by atoms with Gasteiger partial charge in [-0.25, -0.2) is 4.79 Å². The van der Waals surface area contributed by atoms with Gasteiger partial charge in [-0.3, -0.25) is 14.4 Å². The van der Waals surface area contributed by atoms with Crippen molar-refractivity contribution in [3.8, 4) is 11.5 Å². The first kappa shape index (κ1) is 29.3. The van der Waals surface area contributed by atoms with Crippen molar-refractivity contribution in [2.24, 2.45) is 0 Å². The zero-order valence-corrected chi connectivity index (χ0v) is 22.0. The van der Waals surface area contributed by atoms with Crippen molar-refractivity contribution in [1.82, 2.24) is 10.6 Å². The summed E-state index contributed by atoms with van der Waals surface area (Å²) in [4.78, 5) is 50.2. The number of benzene rings is 3. The van der Waals surface area contributed by atoms with Gasteiger partial charge < -0.3 is 25.6 Å². The van der Waals surface area contributed by atoms with Crippen LogP contribution in [0.15, 0.2) is 66.7 Å². The summed E-state index contributed by atoms with van der Waals surface area (Å²) in [7, 11) is 0. The second-order valence-electron chi connectivity index (χ2n) is 9.11. The Morgan fingerprint density at radius 2 is 1.49 bits per heavy atom. The first-order valence-corrected chi connectivity index (χ1v) is 12.2. The van der Waals surface area contributed by atoms with Crippen LogP contribution in [0.4, 0.5) is 0 Å². The van der Waals surface area contributed by atoms with Crippen molar-refractivity contribution in [2.75, 3.05) is 13.1 Å². The van der Waals surface area contributed by atoms with E-state index in [1.807, 2.05) is 0 Å². The topological polar surface area (TPSA) is 142 Å². The molecule has 0 saturated carbocycles. The maximum Gasteiger partial charge on any atom is 0.338 e. The van der Waals surface area contributed by atoms with E-state index in [0.29, 0.717) is 30.6 Å². The van der Waals surface area contributed by atoms with Crippen molar-refractivity contribution < 1.29 is 34.1 Å². The number of halogens is 1. The average Bonchev–Trinajstić information content (AvgIpc) is 3.13. The molecular weight excluding hydrogens is 524 g/mol. The molecule has 0 aliphatic carbocycles. The molecule has 0 bridgehead atoms. The summed E-state index contributed by atoms with van der Waals surface area (Å²) in [5.74, 6) is -1.86. The lowest BCUT2D eigenvalue weighted by molar-refractivity contribution is 0.0192. The van der Waals surface area contributed by atoms with Crippen LogP contribution in [0.3, 0.4) is 0 Å². The highest BCUT2D eigenvalue weighted by Crippen LogP contribution is 2.23. The van der Waals surface area contributed by atoms with Crippen LogP contribution in [-0.2, 0) is 4.74 Å². The fourth-order valence-corrected chi connectivity index (χ4v) is 4.22. The second-order valence-corrected chi connectivity index (χ2v) is 9.11. The molecule has 0 spiro atoms. The van der Waals surface area contributed by atoms with E-state index in [0.717, 1.165) is 6.42 Å². The normalized spacial score (nSPS) is 16.7. The molecule has 1 aliphatic heterocycles. The number of phenols is 2. The molecule has 0 unspecified atom stereocenters. The quantitative estimate of drug-likeness (QED) is 0.257. The van der Waals surface area contributed by atoms with Gasteiger partial charge in [0.05, 0.1) is 17.2 Å². The number of ketones is 2. The Morgan fingerprint density at radius 1 is 0.872 bits per heavy atom. The van der Waals surface area contributed by atoms with Crippen molar-refractivity contribution in [1.29, 1.82) is 0 Å². The highest BCUT2D eigenvalue weighted by atomic mass is 35.5. The van der Waals surface area contributed by atoms with Gasteiger partial charge in [0.2, 0.25) is 0 Å². The van der Waals surface area contributed by atoms with Gasteiger partial charge in [-0.1, -0.05) is 12.1 Å². The van der Waals surface area contributed by atoms with Gasteiger partial charge in [-0.2, -0.15) is 0 Å². The number of rotatable bonds is 7. The minimum atomic E-state index is -0.596. The van der Waals surface area contributed by atoms with E-state index in [-0.39, 0.29) is 52.3 Å². The van der Waals surface area contributed by atoms with Crippen LogP contribution in [0.1, 0.15) is 66.8 Å². The van der Waals surface area contributed by atoms with Crippen LogP contribution in [0.5, 0.6) is 11.5 Å². The molecule has 0 aromatic heterocycles. The van der Waals surface area contributed by atoms with Crippen LogP contribution in [0.25, 0.3) is 0 Å². The molecule has 3 aromatic carbocycles. The van der Waals surface area contributed by atoms with Gasteiger partial charge in [0.15, 0.2) is 11.6 Å². The van der Waals surface area contributed by atoms with Gasteiger partial charge >= 0.3 is 5.97 Å². The largest absolute Gasteiger partial charge is 0.508 e. The standard InChI is InChI=1S/C29H28N2O7.ClH/c1-17(32)21-10-13-25(34)23(15-21)27(35)18-4-6-20(7-5-18)29(37)38-26-3-2-14-30-16-24(26)31-28(36)19-8-11-22(33)12-9-19;/h4-13,15,24,26,30,33-34H,2-3,14,16H2,1H3,(H,31,36);1H/t24-,26-;/m1./s1. The van der Waals surface area contributed by atoms with Gasteiger partial charge in [0.25, 0.3) is 5.91 Å². The number of hydrogen-bond acceptors (Lipinski definition) is 8. The third-order valence-corrected chi connectivity index (χ3v) is 6.39. The van der Waals surface area contributed by atoms with E-state index in [2.05, 4.69) is 10.6 Å². The molecule has 1 fully saturated rings.